The molecule has 0 saturated carbocycles. The number of unbranched alkanes of at least 4 members (excludes halogenated alkanes) is 2. The van der Waals surface area contributed by atoms with Crippen LogP contribution in [-0.2, 0) is 23.8 Å². The van der Waals surface area contributed by atoms with Gasteiger partial charge in [-0.1, -0.05) is 6.42 Å². The van der Waals surface area contributed by atoms with Gasteiger partial charge in [0.2, 0.25) is 0 Å². The summed E-state index contributed by atoms with van der Waals surface area (Å²) in [5.74, 6) is 0.0718. The van der Waals surface area contributed by atoms with Crippen molar-refractivity contribution in [2.45, 2.75) is 45.6 Å². The molecule has 5 nitrogen and oxygen atoms in total. The summed E-state index contributed by atoms with van der Waals surface area (Å²) < 4.78 is 38.2. The van der Waals surface area contributed by atoms with E-state index in [0.717, 1.165) is 12.8 Å². The van der Waals surface area contributed by atoms with Crippen LogP contribution in [0.4, 0.5) is 0 Å². The van der Waals surface area contributed by atoms with Gasteiger partial charge in [0.15, 0.2) is 0 Å². The molecule has 0 radical (unpaired) electrons. The summed E-state index contributed by atoms with van der Waals surface area (Å²) >= 11 is 0. The molecule has 0 rings (SSSR count). The van der Waals surface area contributed by atoms with E-state index in [4.69, 9.17) is 13.7 Å². The summed E-state index contributed by atoms with van der Waals surface area (Å²) in [7, 11) is -1.77. The van der Waals surface area contributed by atoms with Crippen molar-refractivity contribution in [3.63, 3.8) is 0 Å². The van der Waals surface area contributed by atoms with Gasteiger partial charge in [-0.3, -0.25) is 4.18 Å². The Labute approximate surface area is 111 Å². The van der Waals surface area contributed by atoms with Crippen molar-refractivity contribution >= 4 is 10.1 Å². The molecule has 0 aliphatic carbocycles. The highest BCUT2D eigenvalue weighted by atomic mass is 32.2. The Morgan fingerprint density at radius 2 is 1.61 bits per heavy atom. The molecule has 0 atom stereocenters. The van der Waals surface area contributed by atoms with Gasteiger partial charge in [0, 0.05) is 13.7 Å². The number of hydrogen-bond acceptors (Lipinski definition) is 5. The molecule has 0 aromatic carbocycles. The molecule has 0 aromatic rings. The first-order valence-electron chi connectivity index (χ1n) is 6.27. The second-order valence-electron chi connectivity index (χ2n) is 5.12. The largest absolute Gasteiger partial charge is 0.382 e. The number of ether oxygens (including phenoxy) is 2. The Balaban J connectivity index is 3.54. The van der Waals surface area contributed by atoms with Gasteiger partial charge in [-0.05, 0) is 33.6 Å². The normalized spacial score (nSPS) is 12.9. The Bertz CT molecular complexity index is 292. The third-order valence-electron chi connectivity index (χ3n) is 1.99. The Morgan fingerprint density at radius 3 is 2.17 bits per heavy atom. The minimum Gasteiger partial charge on any atom is -0.382 e. The monoisotopic (exact) mass is 282 g/mol. The number of methoxy groups -OCH3 is 1. The van der Waals surface area contributed by atoms with E-state index in [2.05, 4.69) is 0 Å². The third kappa shape index (κ3) is 12.3. The maximum absolute atomic E-state index is 11.6. The van der Waals surface area contributed by atoms with Crippen LogP contribution in [0.15, 0.2) is 0 Å². The molecule has 0 fully saturated rings. The second-order valence-corrected chi connectivity index (χ2v) is 6.81. The molecule has 0 bridgehead atoms. The lowest BCUT2D eigenvalue weighted by Gasteiger charge is -2.18. The zero-order valence-electron chi connectivity index (χ0n) is 11.9. The Morgan fingerprint density at radius 1 is 0.944 bits per heavy atom. The summed E-state index contributed by atoms with van der Waals surface area (Å²) in [5, 5.41) is 0. The lowest BCUT2D eigenvalue weighted by atomic mass is 10.2. The van der Waals surface area contributed by atoms with Crippen LogP contribution in [0, 0.1) is 0 Å². The molecule has 0 aliphatic heterocycles. The van der Waals surface area contributed by atoms with Crippen molar-refractivity contribution in [3.05, 3.63) is 0 Å². The molecule has 18 heavy (non-hydrogen) atoms. The van der Waals surface area contributed by atoms with Gasteiger partial charge >= 0.3 is 0 Å². The Hall–Kier alpha value is -0.170. The standard InChI is InChI=1S/C12H26O5S/c1-12(2,3)17-18(13,14)11-7-5-6-8-16-10-9-15-4/h5-11H2,1-4H3. The summed E-state index contributed by atoms with van der Waals surface area (Å²) in [6, 6.07) is 0. The highest BCUT2D eigenvalue weighted by molar-refractivity contribution is 7.86. The molecule has 0 saturated heterocycles. The van der Waals surface area contributed by atoms with Gasteiger partial charge in [-0.25, -0.2) is 0 Å². The van der Waals surface area contributed by atoms with Gasteiger partial charge in [-0.2, -0.15) is 8.42 Å². The second kappa shape index (κ2) is 8.85. The van der Waals surface area contributed by atoms with Crippen LogP contribution in [-0.4, -0.2) is 46.7 Å². The SMILES string of the molecule is COCCOCCCCCS(=O)(=O)OC(C)(C)C. The highest BCUT2D eigenvalue weighted by Crippen LogP contribution is 2.13. The maximum Gasteiger partial charge on any atom is 0.267 e. The molecule has 0 aliphatic rings. The number of rotatable bonds is 10. The predicted molar refractivity (Wildman–Crippen MR) is 71.2 cm³/mol. The van der Waals surface area contributed by atoms with Crippen molar-refractivity contribution in [2.75, 3.05) is 32.7 Å². The lowest BCUT2D eigenvalue weighted by molar-refractivity contribution is 0.0687. The first-order valence-corrected chi connectivity index (χ1v) is 7.84. The van der Waals surface area contributed by atoms with Gasteiger partial charge in [-0.15, -0.1) is 0 Å². The smallest absolute Gasteiger partial charge is 0.267 e. The van der Waals surface area contributed by atoms with Crippen LogP contribution >= 0.6 is 0 Å². The summed E-state index contributed by atoms with van der Waals surface area (Å²) in [6.45, 7) is 7.01. The van der Waals surface area contributed by atoms with Crippen LogP contribution in [0.5, 0.6) is 0 Å². The van der Waals surface area contributed by atoms with Gasteiger partial charge in [0.1, 0.15) is 0 Å². The van der Waals surface area contributed by atoms with E-state index >= 15 is 0 Å². The fourth-order valence-electron chi connectivity index (χ4n) is 1.33. The van der Waals surface area contributed by atoms with E-state index in [1.54, 1.807) is 27.9 Å². The van der Waals surface area contributed by atoms with E-state index in [1.165, 1.54) is 0 Å². The molecular formula is C12H26O5S. The topological polar surface area (TPSA) is 61.8 Å². The minimum absolute atomic E-state index is 0.0718. The number of hydrogen-bond donors (Lipinski definition) is 0. The van der Waals surface area contributed by atoms with Gasteiger partial charge in [0.25, 0.3) is 10.1 Å². The summed E-state index contributed by atoms with van der Waals surface area (Å²) in [5.41, 5.74) is -0.651. The van der Waals surface area contributed by atoms with Gasteiger partial charge < -0.3 is 9.47 Å². The van der Waals surface area contributed by atoms with E-state index < -0.39 is 15.7 Å². The van der Waals surface area contributed by atoms with E-state index in [1.807, 2.05) is 0 Å². The van der Waals surface area contributed by atoms with Crippen LogP contribution in [0.1, 0.15) is 40.0 Å². The molecular weight excluding hydrogens is 256 g/mol. The van der Waals surface area contributed by atoms with E-state index in [0.29, 0.717) is 26.2 Å². The first-order chi connectivity index (χ1) is 8.27. The predicted octanol–water partition coefficient (Wildman–Crippen LogP) is 1.96. The van der Waals surface area contributed by atoms with Crippen LogP contribution in [0.25, 0.3) is 0 Å². The van der Waals surface area contributed by atoms with Crippen LogP contribution in [0.2, 0.25) is 0 Å². The van der Waals surface area contributed by atoms with Crippen LogP contribution in [0.3, 0.4) is 0 Å². The summed E-state index contributed by atoms with van der Waals surface area (Å²) in [6.07, 6.45) is 2.28. The molecule has 0 unspecified atom stereocenters. The molecule has 0 heterocycles. The third-order valence-corrected chi connectivity index (χ3v) is 3.53. The average Bonchev–Trinajstić information content (AvgIpc) is 2.18. The van der Waals surface area contributed by atoms with Gasteiger partial charge in [0.05, 0.1) is 24.6 Å². The molecule has 0 spiro atoms. The zero-order valence-corrected chi connectivity index (χ0v) is 12.7. The molecule has 6 heteroatoms. The van der Waals surface area contributed by atoms with Crippen LogP contribution < -0.4 is 0 Å². The maximum atomic E-state index is 11.6. The lowest BCUT2D eigenvalue weighted by Crippen LogP contribution is -2.25. The average molecular weight is 282 g/mol. The van der Waals surface area contributed by atoms with Crippen molar-refractivity contribution in [1.29, 1.82) is 0 Å². The van der Waals surface area contributed by atoms with Crippen molar-refractivity contribution < 1.29 is 22.1 Å². The molecule has 110 valence electrons. The quantitative estimate of drug-likeness (QED) is 0.453. The zero-order chi connectivity index (χ0) is 14.1. The van der Waals surface area contributed by atoms with Crippen molar-refractivity contribution in [1.82, 2.24) is 0 Å². The summed E-state index contributed by atoms with van der Waals surface area (Å²) in [4.78, 5) is 0. The fourth-order valence-corrected chi connectivity index (χ4v) is 2.73. The highest BCUT2D eigenvalue weighted by Gasteiger charge is 2.21. The molecule has 0 N–H and O–H groups in total. The Kier molecular flexibility index (Phi) is 8.77. The first kappa shape index (κ1) is 17.8. The molecule has 0 amide bonds. The molecule has 0 aromatic heterocycles. The van der Waals surface area contributed by atoms with Crippen molar-refractivity contribution in [3.8, 4) is 0 Å². The van der Waals surface area contributed by atoms with Crippen molar-refractivity contribution in [2.24, 2.45) is 0 Å². The van der Waals surface area contributed by atoms with E-state index in [9.17, 15) is 8.42 Å². The minimum atomic E-state index is -3.40. The fraction of sp³-hybridized carbons (Fsp3) is 1.00. The van der Waals surface area contributed by atoms with E-state index in [-0.39, 0.29) is 5.75 Å².